The number of rotatable bonds is 8. The van der Waals surface area contributed by atoms with E-state index in [1.807, 2.05) is 4.90 Å². The SMILES string of the molecule is CCNC(=NCC(C)(C)NC(C)c1ccccc1)N1CCN(CC(=O)N2CCCC2)CC1.I. The van der Waals surface area contributed by atoms with Gasteiger partial charge in [0.05, 0.1) is 13.1 Å². The second-order valence-electron chi connectivity index (χ2n) is 9.68. The normalized spacial score (nSPS) is 18.7. The maximum absolute atomic E-state index is 12.5. The summed E-state index contributed by atoms with van der Waals surface area (Å²) in [6.07, 6.45) is 2.30. The summed E-state index contributed by atoms with van der Waals surface area (Å²) in [4.78, 5) is 24.1. The quantitative estimate of drug-likeness (QED) is 0.286. The molecule has 2 saturated heterocycles. The van der Waals surface area contributed by atoms with Crippen LogP contribution in [0.1, 0.15) is 52.1 Å². The van der Waals surface area contributed by atoms with Crippen LogP contribution in [0.2, 0.25) is 0 Å². The lowest BCUT2D eigenvalue weighted by atomic mass is 10.0. The minimum Gasteiger partial charge on any atom is -0.357 e. The molecule has 1 unspecified atom stereocenters. The van der Waals surface area contributed by atoms with Crippen molar-refractivity contribution in [2.24, 2.45) is 4.99 Å². The number of nitrogens with zero attached hydrogens (tertiary/aromatic N) is 4. The first-order chi connectivity index (χ1) is 15.4. The summed E-state index contributed by atoms with van der Waals surface area (Å²) < 4.78 is 0. The smallest absolute Gasteiger partial charge is 0.236 e. The molecule has 2 aliphatic heterocycles. The number of carbonyl (C=O) groups is 1. The molecule has 2 heterocycles. The van der Waals surface area contributed by atoms with Gasteiger partial charge in [-0.25, -0.2) is 0 Å². The number of guanidine groups is 1. The first-order valence-electron chi connectivity index (χ1n) is 12.2. The van der Waals surface area contributed by atoms with E-state index in [4.69, 9.17) is 4.99 Å². The van der Waals surface area contributed by atoms with Crippen LogP contribution in [-0.4, -0.2) is 91.0 Å². The van der Waals surface area contributed by atoms with Crippen molar-refractivity contribution in [3.63, 3.8) is 0 Å². The van der Waals surface area contributed by atoms with Crippen molar-refractivity contribution in [1.82, 2.24) is 25.3 Å². The zero-order valence-corrected chi connectivity index (χ0v) is 23.2. The standard InChI is InChI=1S/C25H42N6O.HI/c1-5-26-24(27-20-25(3,4)28-21(2)22-11-7-6-8-12-22)31-17-15-29(16-18-31)19-23(32)30-13-9-10-14-30;/h6-8,11-12,21,28H,5,9-10,13-20H2,1-4H3,(H,26,27);1H. The molecule has 33 heavy (non-hydrogen) atoms. The van der Waals surface area contributed by atoms with Gasteiger partial charge in [0.2, 0.25) is 5.91 Å². The van der Waals surface area contributed by atoms with Crippen LogP contribution in [0, 0.1) is 0 Å². The molecular formula is C25H43IN6O. The summed E-state index contributed by atoms with van der Waals surface area (Å²) >= 11 is 0. The first-order valence-corrected chi connectivity index (χ1v) is 12.2. The summed E-state index contributed by atoms with van der Waals surface area (Å²) in [6.45, 7) is 16.3. The number of nitrogens with one attached hydrogen (secondary N) is 2. The lowest BCUT2D eigenvalue weighted by Crippen LogP contribution is -2.54. The lowest BCUT2D eigenvalue weighted by molar-refractivity contribution is -0.131. The number of halogens is 1. The van der Waals surface area contributed by atoms with Gasteiger partial charge in [0, 0.05) is 57.4 Å². The Bertz CT molecular complexity index is 743. The highest BCUT2D eigenvalue weighted by Crippen LogP contribution is 2.17. The van der Waals surface area contributed by atoms with E-state index >= 15 is 0 Å². The monoisotopic (exact) mass is 570 g/mol. The summed E-state index contributed by atoms with van der Waals surface area (Å²) in [6, 6.07) is 10.8. The number of hydrogen-bond donors (Lipinski definition) is 2. The number of amides is 1. The van der Waals surface area contributed by atoms with Crippen LogP contribution in [0.5, 0.6) is 0 Å². The summed E-state index contributed by atoms with van der Waals surface area (Å²) in [5, 5.41) is 7.19. The molecule has 8 heteroatoms. The Hall–Kier alpha value is -1.39. The van der Waals surface area contributed by atoms with Crippen LogP contribution in [0.25, 0.3) is 0 Å². The van der Waals surface area contributed by atoms with Crippen molar-refractivity contribution in [2.75, 3.05) is 58.9 Å². The van der Waals surface area contributed by atoms with Crippen molar-refractivity contribution in [3.8, 4) is 0 Å². The van der Waals surface area contributed by atoms with E-state index in [1.165, 1.54) is 5.56 Å². The molecule has 0 radical (unpaired) electrons. The van der Waals surface area contributed by atoms with Crippen LogP contribution in [-0.2, 0) is 4.79 Å². The minimum atomic E-state index is -0.125. The molecule has 2 N–H and O–H groups in total. The molecule has 1 aromatic rings. The third-order valence-corrected chi connectivity index (χ3v) is 6.36. The number of carbonyl (C=O) groups excluding carboxylic acids is 1. The van der Waals surface area contributed by atoms with Gasteiger partial charge in [-0.15, -0.1) is 24.0 Å². The van der Waals surface area contributed by atoms with Crippen molar-refractivity contribution < 1.29 is 4.79 Å². The molecule has 1 atom stereocenters. The fourth-order valence-corrected chi connectivity index (χ4v) is 4.53. The van der Waals surface area contributed by atoms with E-state index in [0.717, 1.165) is 64.6 Å². The summed E-state index contributed by atoms with van der Waals surface area (Å²) in [7, 11) is 0. The molecule has 3 rings (SSSR count). The van der Waals surface area contributed by atoms with Gasteiger partial charge in [-0.2, -0.15) is 0 Å². The molecule has 186 valence electrons. The van der Waals surface area contributed by atoms with Gasteiger partial charge >= 0.3 is 0 Å². The molecule has 2 aliphatic rings. The lowest BCUT2D eigenvalue weighted by Gasteiger charge is -2.37. The Morgan fingerprint density at radius 2 is 1.67 bits per heavy atom. The maximum Gasteiger partial charge on any atom is 0.236 e. The molecule has 0 bridgehead atoms. The fraction of sp³-hybridized carbons (Fsp3) is 0.680. The van der Waals surface area contributed by atoms with E-state index in [9.17, 15) is 4.79 Å². The summed E-state index contributed by atoms with van der Waals surface area (Å²) in [5.41, 5.74) is 1.16. The van der Waals surface area contributed by atoms with Crippen molar-refractivity contribution >= 4 is 35.8 Å². The number of hydrogen-bond acceptors (Lipinski definition) is 4. The van der Waals surface area contributed by atoms with Crippen LogP contribution in [0.3, 0.4) is 0 Å². The molecule has 1 amide bonds. The predicted molar refractivity (Wildman–Crippen MR) is 147 cm³/mol. The van der Waals surface area contributed by atoms with E-state index in [1.54, 1.807) is 0 Å². The number of piperazine rings is 1. The third kappa shape index (κ3) is 8.72. The fourth-order valence-electron chi connectivity index (χ4n) is 4.53. The summed E-state index contributed by atoms with van der Waals surface area (Å²) in [5.74, 6) is 1.26. The van der Waals surface area contributed by atoms with Crippen molar-refractivity contribution in [2.45, 2.75) is 52.1 Å². The second kappa shape index (κ2) is 13.5. The minimum absolute atomic E-state index is 0. The molecule has 0 spiro atoms. The van der Waals surface area contributed by atoms with Gasteiger partial charge in [0.1, 0.15) is 0 Å². The van der Waals surface area contributed by atoms with Crippen LogP contribution < -0.4 is 10.6 Å². The topological polar surface area (TPSA) is 63.2 Å². The zero-order chi connectivity index (χ0) is 23.0. The van der Waals surface area contributed by atoms with Crippen molar-refractivity contribution in [1.29, 1.82) is 0 Å². The molecule has 1 aromatic carbocycles. The highest BCUT2D eigenvalue weighted by molar-refractivity contribution is 14.0. The average Bonchev–Trinajstić information content (AvgIpc) is 3.33. The highest BCUT2D eigenvalue weighted by Gasteiger charge is 2.26. The van der Waals surface area contributed by atoms with Gasteiger partial charge in [-0.1, -0.05) is 30.3 Å². The number of likely N-dealkylation sites (tertiary alicyclic amines) is 1. The Balaban J connectivity index is 0.00000385. The van der Waals surface area contributed by atoms with Gasteiger partial charge in [-0.3, -0.25) is 14.7 Å². The third-order valence-electron chi connectivity index (χ3n) is 6.36. The molecule has 2 fully saturated rings. The van der Waals surface area contributed by atoms with Gasteiger partial charge < -0.3 is 20.4 Å². The number of benzene rings is 1. The Labute approximate surface area is 217 Å². The van der Waals surface area contributed by atoms with Crippen molar-refractivity contribution in [3.05, 3.63) is 35.9 Å². The molecular weight excluding hydrogens is 527 g/mol. The van der Waals surface area contributed by atoms with Crippen LogP contribution >= 0.6 is 24.0 Å². The first kappa shape index (κ1) is 27.9. The maximum atomic E-state index is 12.5. The van der Waals surface area contributed by atoms with Crippen LogP contribution in [0.15, 0.2) is 35.3 Å². The largest absolute Gasteiger partial charge is 0.357 e. The molecule has 0 aliphatic carbocycles. The molecule has 0 saturated carbocycles. The predicted octanol–water partition coefficient (Wildman–Crippen LogP) is 2.94. The molecule has 0 aromatic heterocycles. The van der Waals surface area contributed by atoms with E-state index < -0.39 is 0 Å². The van der Waals surface area contributed by atoms with E-state index in [0.29, 0.717) is 13.1 Å². The second-order valence-corrected chi connectivity index (χ2v) is 9.68. The van der Waals surface area contributed by atoms with Gasteiger partial charge in [0.15, 0.2) is 5.96 Å². The zero-order valence-electron chi connectivity index (χ0n) is 20.8. The van der Waals surface area contributed by atoms with Gasteiger partial charge in [-0.05, 0) is 46.1 Å². The van der Waals surface area contributed by atoms with Crippen LogP contribution in [0.4, 0.5) is 0 Å². The average molecular weight is 571 g/mol. The van der Waals surface area contributed by atoms with Gasteiger partial charge in [0.25, 0.3) is 0 Å². The Morgan fingerprint density at radius 1 is 1.03 bits per heavy atom. The molecule has 7 nitrogen and oxygen atoms in total. The van der Waals surface area contributed by atoms with E-state index in [-0.39, 0.29) is 41.5 Å². The number of aliphatic imine (C=N–C) groups is 1. The Kier molecular flexibility index (Phi) is 11.4. The Morgan fingerprint density at radius 3 is 2.27 bits per heavy atom. The van der Waals surface area contributed by atoms with E-state index in [2.05, 4.69) is 78.5 Å². The highest BCUT2D eigenvalue weighted by atomic mass is 127.